The van der Waals surface area contributed by atoms with E-state index in [-0.39, 0.29) is 0 Å². The molecule has 0 spiro atoms. The lowest BCUT2D eigenvalue weighted by atomic mass is 10.1. The summed E-state index contributed by atoms with van der Waals surface area (Å²) in [6, 6.07) is 19.8. The fraction of sp³-hybridized carbons (Fsp3) is 0.174. The summed E-state index contributed by atoms with van der Waals surface area (Å²) in [6.45, 7) is 7.97. The maximum absolute atomic E-state index is 6.40. The third-order valence-electron chi connectivity index (χ3n) is 4.37. The van der Waals surface area contributed by atoms with Gasteiger partial charge in [-0.1, -0.05) is 48.0 Å². The summed E-state index contributed by atoms with van der Waals surface area (Å²) < 4.78 is 0. The molecule has 0 unspecified atom stereocenters. The molecule has 0 aliphatic heterocycles. The summed E-state index contributed by atoms with van der Waals surface area (Å²) in [5.41, 5.74) is 7.19. The number of hydrogen-bond acceptors (Lipinski definition) is 3. The van der Waals surface area contributed by atoms with Crippen molar-refractivity contribution >= 4 is 34.4 Å². The maximum atomic E-state index is 6.40. The highest BCUT2D eigenvalue weighted by atomic mass is 35.5. The van der Waals surface area contributed by atoms with E-state index >= 15 is 0 Å². The van der Waals surface area contributed by atoms with E-state index in [1.54, 1.807) is 0 Å². The Morgan fingerprint density at radius 3 is 1.81 bits per heavy atom. The first-order chi connectivity index (χ1) is 13.0. The van der Waals surface area contributed by atoms with Gasteiger partial charge in [0.1, 0.15) is 5.69 Å². The summed E-state index contributed by atoms with van der Waals surface area (Å²) in [7, 11) is 0. The first kappa shape index (κ1) is 19.0. The summed E-state index contributed by atoms with van der Waals surface area (Å²) in [6.07, 6.45) is 0. The highest BCUT2D eigenvalue weighted by molar-refractivity contribution is 6.34. The lowest BCUT2D eigenvalue weighted by Crippen LogP contribution is -2.06. The zero-order valence-electron chi connectivity index (χ0n) is 16.0. The Morgan fingerprint density at radius 2 is 1.26 bits per heavy atom. The van der Waals surface area contributed by atoms with Crippen LogP contribution in [0.25, 0.3) is 0 Å². The highest BCUT2D eigenvalue weighted by Crippen LogP contribution is 2.23. The smallest absolute Gasteiger partial charge is 0.104 e. The van der Waals surface area contributed by atoms with Gasteiger partial charge in [-0.05, 0) is 63.1 Å². The van der Waals surface area contributed by atoms with Crippen LogP contribution in [0.3, 0.4) is 0 Å². The van der Waals surface area contributed by atoms with Gasteiger partial charge in [0.05, 0.1) is 33.5 Å². The Bertz CT molecular complexity index is 1040. The summed E-state index contributed by atoms with van der Waals surface area (Å²) >= 11 is 6.40. The normalized spacial score (nSPS) is 12.3. The van der Waals surface area contributed by atoms with Crippen molar-refractivity contribution in [2.45, 2.75) is 27.7 Å². The predicted molar refractivity (Wildman–Crippen MR) is 115 cm³/mol. The van der Waals surface area contributed by atoms with Gasteiger partial charge in [0.25, 0.3) is 0 Å². The van der Waals surface area contributed by atoms with E-state index in [4.69, 9.17) is 26.6 Å². The molecule has 1 heterocycles. The van der Waals surface area contributed by atoms with Crippen LogP contribution in [-0.4, -0.2) is 16.4 Å². The van der Waals surface area contributed by atoms with Gasteiger partial charge in [-0.2, -0.15) is 0 Å². The van der Waals surface area contributed by atoms with Crippen molar-refractivity contribution in [1.29, 1.82) is 0 Å². The number of nitrogens with zero attached hydrogens (tertiary/aromatic N) is 3. The van der Waals surface area contributed by atoms with Crippen molar-refractivity contribution in [3.8, 4) is 0 Å². The number of aliphatic imine (C=N–C) groups is 2. The molecule has 0 bridgehead atoms. The first-order valence-corrected chi connectivity index (χ1v) is 9.22. The Hall–Kier alpha value is -2.78. The van der Waals surface area contributed by atoms with Crippen molar-refractivity contribution in [3.63, 3.8) is 0 Å². The third kappa shape index (κ3) is 4.50. The Morgan fingerprint density at radius 1 is 0.741 bits per heavy atom. The number of hydrogen-bond donors (Lipinski definition) is 0. The quantitative estimate of drug-likeness (QED) is 0.471. The number of benzene rings is 2. The van der Waals surface area contributed by atoms with E-state index in [1.165, 1.54) is 0 Å². The van der Waals surface area contributed by atoms with Crippen LogP contribution in [0.15, 0.2) is 70.6 Å². The topological polar surface area (TPSA) is 37.6 Å². The standard InChI is InChI=1S/C23H22ClN3/c1-15-9-5-7-11-20(15)25-17(3)22-14-13-19(24)23(27-22)18(4)26-21-12-8-6-10-16(21)2/h5-14H,1-4H3. The van der Waals surface area contributed by atoms with Crippen molar-refractivity contribution in [2.24, 2.45) is 9.98 Å². The average Bonchev–Trinajstić information content (AvgIpc) is 2.65. The number of para-hydroxylation sites is 2. The molecule has 0 radical (unpaired) electrons. The van der Waals surface area contributed by atoms with Gasteiger partial charge < -0.3 is 0 Å². The van der Waals surface area contributed by atoms with Crippen molar-refractivity contribution in [1.82, 2.24) is 4.98 Å². The summed E-state index contributed by atoms with van der Waals surface area (Å²) in [5, 5.41) is 0.581. The number of aryl methyl sites for hydroxylation is 2. The Kier molecular flexibility index (Phi) is 5.82. The molecule has 0 aliphatic carbocycles. The molecule has 0 saturated heterocycles. The van der Waals surface area contributed by atoms with Gasteiger partial charge in [0.2, 0.25) is 0 Å². The molecule has 0 aliphatic rings. The maximum Gasteiger partial charge on any atom is 0.104 e. The Labute approximate surface area is 165 Å². The lowest BCUT2D eigenvalue weighted by molar-refractivity contribution is 1.23. The van der Waals surface area contributed by atoms with E-state index in [9.17, 15) is 0 Å². The molecule has 0 atom stereocenters. The molecule has 2 aromatic carbocycles. The van der Waals surface area contributed by atoms with Crippen LogP contribution < -0.4 is 0 Å². The number of rotatable bonds is 4. The second kappa shape index (κ2) is 8.28. The molecule has 3 rings (SSSR count). The second-order valence-electron chi connectivity index (χ2n) is 6.49. The van der Waals surface area contributed by atoms with Crippen LogP contribution in [-0.2, 0) is 0 Å². The minimum atomic E-state index is 0.581. The number of aromatic nitrogens is 1. The molecule has 3 nitrogen and oxygen atoms in total. The van der Waals surface area contributed by atoms with E-state index in [2.05, 4.69) is 0 Å². The van der Waals surface area contributed by atoms with E-state index < -0.39 is 0 Å². The Balaban J connectivity index is 1.99. The number of pyridine rings is 1. The van der Waals surface area contributed by atoms with E-state index in [0.29, 0.717) is 10.7 Å². The fourth-order valence-electron chi connectivity index (χ4n) is 2.75. The molecule has 27 heavy (non-hydrogen) atoms. The van der Waals surface area contributed by atoms with Crippen molar-refractivity contribution < 1.29 is 0 Å². The van der Waals surface area contributed by atoms with Gasteiger partial charge >= 0.3 is 0 Å². The fourth-order valence-corrected chi connectivity index (χ4v) is 2.99. The zero-order valence-corrected chi connectivity index (χ0v) is 16.7. The average molecular weight is 376 g/mol. The first-order valence-electron chi connectivity index (χ1n) is 8.85. The monoisotopic (exact) mass is 375 g/mol. The van der Waals surface area contributed by atoms with Crippen LogP contribution in [0.5, 0.6) is 0 Å². The minimum absolute atomic E-state index is 0.581. The van der Waals surface area contributed by atoms with Gasteiger partial charge in [-0.15, -0.1) is 0 Å². The SMILES string of the molecule is CC(=Nc1ccccc1C)c1ccc(Cl)c(C(C)=Nc2ccccc2C)n1. The van der Waals surface area contributed by atoms with Crippen LogP contribution in [0.1, 0.15) is 36.4 Å². The summed E-state index contributed by atoms with van der Waals surface area (Å²) in [5.74, 6) is 0. The van der Waals surface area contributed by atoms with Crippen LogP contribution in [0, 0.1) is 13.8 Å². The second-order valence-corrected chi connectivity index (χ2v) is 6.90. The lowest BCUT2D eigenvalue weighted by Gasteiger charge is -2.08. The molecule has 3 aromatic rings. The highest BCUT2D eigenvalue weighted by Gasteiger charge is 2.10. The van der Waals surface area contributed by atoms with Gasteiger partial charge in [0, 0.05) is 0 Å². The van der Waals surface area contributed by atoms with Gasteiger partial charge in [-0.3, -0.25) is 9.98 Å². The van der Waals surface area contributed by atoms with Gasteiger partial charge in [0.15, 0.2) is 0 Å². The van der Waals surface area contributed by atoms with Crippen LogP contribution in [0.2, 0.25) is 5.02 Å². The van der Waals surface area contributed by atoms with Crippen LogP contribution >= 0.6 is 11.6 Å². The molecule has 0 amide bonds. The minimum Gasteiger partial charge on any atom is -0.251 e. The molecular formula is C23H22ClN3. The van der Waals surface area contributed by atoms with Gasteiger partial charge in [-0.25, -0.2) is 4.98 Å². The summed E-state index contributed by atoms with van der Waals surface area (Å²) in [4.78, 5) is 14.2. The van der Waals surface area contributed by atoms with Crippen molar-refractivity contribution in [2.75, 3.05) is 0 Å². The van der Waals surface area contributed by atoms with Crippen LogP contribution in [0.4, 0.5) is 11.4 Å². The third-order valence-corrected chi connectivity index (χ3v) is 4.67. The van der Waals surface area contributed by atoms with E-state index in [1.807, 2.05) is 88.4 Å². The molecule has 0 saturated carbocycles. The number of halogens is 1. The molecule has 0 fully saturated rings. The molecule has 1 aromatic heterocycles. The predicted octanol–water partition coefficient (Wildman–Crippen LogP) is 6.63. The molecule has 0 N–H and O–H groups in total. The molecule has 136 valence electrons. The molecule has 4 heteroatoms. The largest absolute Gasteiger partial charge is 0.251 e. The van der Waals surface area contributed by atoms with Crippen molar-refractivity contribution in [3.05, 3.63) is 88.2 Å². The van der Waals surface area contributed by atoms with E-state index in [0.717, 1.165) is 39.6 Å². The zero-order chi connectivity index (χ0) is 19.4. The molecular weight excluding hydrogens is 354 g/mol.